The van der Waals surface area contributed by atoms with Crippen LogP contribution >= 0.6 is 0 Å². The van der Waals surface area contributed by atoms with Gasteiger partial charge in [-0.25, -0.2) is 13.2 Å². The van der Waals surface area contributed by atoms with Crippen molar-refractivity contribution >= 4 is 27.6 Å². The maximum atomic E-state index is 13.9. The van der Waals surface area contributed by atoms with Crippen molar-refractivity contribution in [3.05, 3.63) is 24.3 Å². The fraction of sp³-hybridized carbons (Fsp3) is 0.500. The molecule has 0 bridgehead atoms. The van der Waals surface area contributed by atoms with Gasteiger partial charge in [0.05, 0.1) is 4.90 Å². The van der Waals surface area contributed by atoms with Gasteiger partial charge in [-0.1, -0.05) is 19.3 Å². The molecule has 0 unspecified atom stereocenters. The Morgan fingerprint density at radius 1 is 1.11 bits per heavy atom. The first-order valence-electron chi connectivity index (χ1n) is 8.60. The van der Waals surface area contributed by atoms with E-state index in [1.807, 2.05) is 0 Å². The molecule has 154 valence electrons. The van der Waals surface area contributed by atoms with Crippen LogP contribution in [0.15, 0.2) is 29.2 Å². The zero-order chi connectivity index (χ0) is 20.7. The van der Waals surface area contributed by atoms with Crippen LogP contribution < -0.4 is 15.8 Å². The molecule has 1 aromatic rings. The lowest BCUT2D eigenvalue weighted by Gasteiger charge is -2.32. The lowest BCUT2D eigenvalue weighted by Crippen LogP contribution is -2.69. The molecule has 8 nitrogen and oxygen atoms in total. The van der Waals surface area contributed by atoms with E-state index in [0.717, 1.165) is 18.6 Å². The molecule has 2 aliphatic rings. The average Bonchev–Trinajstić information content (AvgIpc) is 2.86. The molecule has 0 radical (unpaired) electrons. The van der Waals surface area contributed by atoms with Crippen molar-refractivity contribution in [3.8, 4) is 0 Å². The molecule has 1 aliphatic carbocycles. The van der Waals surface area contributed by atoms with Crippen molar-refractivity contribution in [2.45, 2.75) is 54.9 Å². The van der Waals surface area contributed by atoms with Gasteiger partial charge in [0.25, 0.3) is 11.6 Å². The number of nitrogens with zero attached hydrogens (tertiary/aromatic N) is 1. The van der Waals surface area contributed by atoms with Gasteiger partial charge in [0.1, 0.15) is 0 Å². The van der Waals surface area contributed by atoms with E-state index in [1.165, 1.54) is 22.2 Å². The number of hydrogen-bond acceptors (Lipinski definition) is 5. The Kier molecular flexibility index (Phi) is 5.04. The summed E-state index contributed by atoms with van der Waals surface area (Å²) in [6, 6.07) is 2.42. The van der Waals surface area contributed by atoms with Gasteiger partial charge in [-0.2, -0.15) is 17.9 Å². The molecular formula is C16H19F3N4O4S. The Labute approximate surface area is 159 Å². The Hall–Kier alpha value is -2.34. The summed E-state index contributed by atoms with van der Waals surface area (Å²) < 4.78 is 68.0. The minimum atomic E-state index is -5.40. The van der Waals surface area contributed by atoms with Crippen molar-refractivity contribution in [1.82, 2.24) is 14.9 Å². The SMILES string of the molecule is Nc1ccc(S(=O)(=O)N[C@@]2(C(F)(F)F)NC(=O)N(C3CCCCC3)C2=O)cc1. The second-order valence-corrected chi connectivity index (χ2v) is 8.50. The standard InChI is InChI=1S/C16H19F3N4O4S/c17-16(18,19)15(22-28(26,27)12-8-6-10(20)7-9-12)13(24)23(14(25)21-15)11-4-2-1-3-5-11/h6-9,11,22H,1-5,20H2,(H,21,25)/t15-/m0/s1. The summed E-state index contributed by atoms with van der Waals surface area (Å²) in [5, 5.41) is 1.54. The van der Waals surface area contributed by atoms with E-state index in [-0.39, 0.29) is 5.69 Å². The number of carbonyl (C=O) groups excluding carboxylic acids is 2. The molecule has 3 rings (SSSR count). The number of alkyl halides is 3. The van der Waals surface area contributed by atoms with Gasteiger partial charge in [0.15, 0.2) is 0 Å². The summed E-state index contributed by atoms with van der Waals surface area (Å²) in [5.41, 5.74) is 1.90. The Balaban J connectivity index is 1.99. The predicted molar refractivity (Wildman–Crippen MR) is 92.2 cm³/mol. The van der Waals surface area contributed by atoms with Crippen molar-refractivity contribution in [1.29, 1.82) is 0 Å². The molecular weight excluding hydrogens is 401 g/mol. The van der Waals surface area contributed by atoms with Gasteiger partial charge < -0.3 is 11.1 Å². The number of urea groups is 1. The maximum absolute atomic E-state index is 13.9. The number of sulfonamides is 1. The number of hydrogen-bond donors (Lipinski definition) is 3. The number of benzene rings is 1. The zero-order valence-electron chi connectivity index (χ0n) is 14.6. The topological polar surface area (TPSA) is 122 Å². The number of nitrogen functional groups attached to an aromatic ring is 1. The van der Waals surface area contributed by atoms with E-state index in [4.69, 9.17) is 5.73 Å². The minimum absolute atomic E-state index is 0.207. The van der Waals surface area contributed by atoms with Crippen LogP contribution in [0.5, 0.6) is 0 Å². The fourth-order valence-corrected chi connectivity index (χ4v) is 4.71. The smallest absolute Gasteiger partial charge is 0.399 e. The highest BCUT2D eigenvalue weighted by molar-refractivity contribution is 7.89. The Bertz CT molecular complexity index is 882. The number of nitrogens with one attached hydrogen (secondary N) is 2. The van der Waals surface area contributed by atoms with Gasteiger partial charge in [-0.3, -0.25) is 9.69 Å². The van der Waals surface area contributed by atoms with E-state index >= 15 is 0 Å². The number of anilines is 1. The summed E-state index contributed by atoms with van der Waals surface area (Å²) in [7, 11) is -4.80. The van der Waals surface area contributed by atoms with Crippen LogP contribution in [0, 0.1) is 0 Å². The number of amides is 3. The number of halogens is 3. The number of carbonyl (C=O) groups is 2. The van der Waals surface area contributed by atoms with Crippen molar-refractivity contribution in [2.24, 2.45) is 0 Å². The van der Waals surface area contributed by atoms with Gasteiger partial charge in [0.2, 0.25) is 10.0 Å². The number of nitrogens with two attached hydrogens (primary N) is 1. The Morgan fingerprint density at radius 3 is 2.21 bits per heavy atom. The predicted octanol–water partition coefficient (Wildman–Crippen LogP) is 1.69. The second-order valence-electron chi connectivity index (χ2n) is 6.82. The lowest BCUT2D eigenvalue weighted by molar-refractivity contribution is -0.198. The summed E-state index contributed by atoms with van der Waals surface area (Å²) >= 11 is 0. The average molecular weight is 420 g/mol. The first-order chi connectivity index (χ1) is 13.0. The summed E-state index contributed by atoms with van der Waals surface area (Å²) in [5.74, 6) is -1.67. The molecule has 0 aromatic heterocycles. The van der Waals surface area contributed by atoms with Crippen LogP contribution in [-0.2, 0) is 14.8 Å². The van der Waals surface area contributed by atoms with E-state index in [1.54, 1.807) is 0 Å². The monoisotopic (exact) mass is 420 g/mol. The van der Waals surface area contributed by atoms with Crippen molar-refractivity contribution in [3.63, 3.8) is 0 Å². The molecule has 1 saturated carbocycles. The molecule has 1 atom stereocenters. The van der Waals surface area contributed by atoms with E-state index in [0.29, 0.717) is 30.6 Å². The number of rotatable bonds is 4. The maximum Gasteiger partial charge on any atom is 0.435 e. The fourth-order valence-electron chi connectivity index (χ4n) is 3.44. The Morgan fingerprint density at radius 2 is 1.68 bits per heavy atom. The molecule has 12 heteroatoms. The largest absolute Gasteiger partial charge is 0.435 e. The normalized spacial score (nSPS) is 24.5. The molecule has 1 aromatic carbocycles. The number of imide groups is 1. The molecule has 1 heterocycles. The third kappa shape index (κ3) is 3.41. The highest BCUT2D eigenvalue weighted by Gasteiger charge is 2.70. The van der Waals surface area contributed by atoms with Gasteiger partial charge in [-0.05, 0) is 37.1 Å². The zero-order valence-corrected chi connectivity index (χ0v) is 15.4. The van der Waals surface area contributed by atoms with Crippen LogP contribution in [0.3, 0.4) is 0 Å². The van der Waals surface area contributed by atoms with E-state index < -0.39 is 44.7 Å². The van der Waals surface area contributed by atoms with Crippen LogP contribution in [0.4, 0.5) is 23.7 Å². The summed E-state index contributed by atoms with van der Waals surface area (Å²) in [6.07, 6.45) is -2.47. The molecule has 4 N–H and O–H groups in total. The highest BCUT2D eigenvalue weighted by Crippen LogP contribution is 2.37. The van der Waals surface area contributed by atoms with Crippen LogP contribution in [0.25, 0.3) is 0 Å². The molecule has 1 saturated heterocycles. The van der Waals surface area contributed by atoms with Crippen molar-refractivity contribution < 1.29 is 31.2 Å². The quantitative estimate of drug-likeness (QED) is 0.506. The molecule has 0 spiro atoms. The first kappa shape index (κ1) is 20.4. The highest BCUT2D eigenvalue weighted by atomic mass is 32.2. The van der Waals surface area contributed by atoms with Crippen LogP contribution in [0.2, 0.25) is 0 Å². The van der Waals surface area contributed by atoms with Crippen LogP contribution in [-0.4, -0.2) is 43.1 Å². The third-order valence-electron chi connectivity index (χ3n) is 4.90. The molecule has 2 fully saturated rings. The van der Waals surface area contributed by atoms with E-state index in [9.17, 15) is 31.2 Å². The van der Waals surface area contributed by atoms with Gasteiger partial charge in [-0.15, -0.1) is 0 Å². The van der Waals surface area contributed by atoms with Crippen LogP contribution in [0.1, 0.15) is 32.1 Å². The molecule has 28 heavy (non-hydrogen) atoms. The first-order valence-corrected chi connectivity index (χ1v) is 10.1. The second kappa shape index (κ2) is 6.92. The third-order valence-corrected chi connectivity index (χ3v) is 6.36. The lowest BCUT2D eigenvalue weighted by atomic mass is 9.94. The summed E-state index contributed by atoms with van der Waals surface area (Å²) in [4.78, 5) is 25.0. The molecule has 3 amide bonds. The minimum Gasteiger partial charge on any atom is -0.399 e. The van der Waals surface area contributed by atoms with Crippen molar-refractivity contribution in [2.75, 3.05) is 5.73 Å². The molecule has 1 aliphatic heterocycles. The van der Waals surface area contributed by atoms with E-state index in [2.05, 4.69) is 0 Å². The van der Waals surface area contributed by atoms with Gasteiger partial charge >= 0.3 is 12.2 Å². The summed E-state index contributed by atoms with van der Waals surface area (Å²) in [6.45, 7) is 0. The van der Waals surface area contributed by atoms with Gasteiger partial charge in [0, 0.05) is 11.7 Å².